The molecule has 3 rings (SSSR count). The highest BCUT2D eigenvalue weighted by atomic mass is 14.9. The van der Waals surface area contributed by atoms with Crippen molar-refractivity contribution < 1.29 is 0 Å². The van der Waals surface area contributed by atoms with E-state index in [4.69, 9.17) is 0 Å². The first-order chi connectivity index (χ1) is 7.84. The second-order valence-electron chi connectivity index (χ2n) is 4.41. The van der Waals surface area contributed by atoms with Crippen LogP contribution in [-0.2, 0) is 13.1 Å². The molecule has 16 heavy (non-hydrogen) atoms. The van der Waals surface area contributed by atoms with Gasteiger partial charge in [0.15, 0.2) is 0 Å². The Morgan fingerprint density at radius 3 is 2.38 bits per heavy atom. The van der Waals surface area contributed by atoms with Gasteiger partial charge in [0.2, 0.25) is 0 Å². The molecule has 0 radical (unpaired) electrons. The molecule has 1 heteroatoms. The van der Waals surface area contributed by atoms with E-state index in [-0.39, 0.29) is 0 Å². The summed E-state index contributed by atoms with van der Waals surface area (Å²) >= 11 is 0. The van der Waals surface area contributed by atoms with Crippen molar-refractivity contribution in [3.05, 3.63) is 59.2 Å². The lowest BCUT2D eigenvalue weighted by atomic mass is 9.96. The number of benzene rings is 2. The van der Waals surface area contributed by atoms with Crippen LogP contribution >= 0.6 is 0 Å². The highest BCUT2D eigenvalue weighted by Crippen LogP contribution is 2.28. The average Bonchev–Trinajstić information content (AvgIpc) is 2.76. The molecular formula is C15H15N. The number of hydrogen-bond acceptors (Lipinski definition) is 1. The summed E-state index contributed by atoms with van der Waals surface area (Å²) in [7, 11) is 0. The second-order valence-corrected chi connectivity index (χ2v) is 4.41. The third kappa shape index (κ3) is 1.54. The summed E-state index contributed by atoms with van der Waals surface area (Å²) in [5.41, 5.74) is 6.95. The molecule has 0 saturated heterocycles. The second kappa shape index (κ2) is 3.76. The van der Waals surface area contributed by atoms with Gasteiger partial charge < -0.3 is 5.32 Å². The summed E-state index contributed by atoms with van der Waals surface area (Å²) in [5, 5.41) is 3.39. The highest BCUT2D eigenvalue weighted by Gasteiger charge is 2.12. The predicted octanol–water partition coefficient (Wildman–Crippen LogP) is 3.27. The van der Waals surface area contributed by atoms with E-state index >= 15 is 0 Å². The number of rotatable bonds is 1. The smallest absolute Gasteiger partial charge is 0.0212 e. The number of hydrogen-bond donors (Lipinski definition) is 1. The SMILES string of the molecule is Cc1cc2c(cc1-c1ccccc1)CNC2. The molecule has 0 spiro atoms. The first kappa shape index (κ1) is 9.61. The van der Waals surface area contributed by atoms with E-state index in [2.05, 4.69) is 54.7 Å². The Morgan fingerprint density at radius 1 is 0.938 bits per heavy atom. The van der Waals surface area contributed by atoms with Crippen LogP contribution in [0.3, 0.4) is 0 Å². The third-order valence-electron chi connectivity index (χ3n) is 3.26. The fraction of sp³-hybridized carbons (Fsp3) is 0.200. The summed E-state index contributed by atoms with van der Waals surface area (Å²) in [6.07, 6.45) is 0. The van der Waals surface area contributed by atoms with Crippen molar-refractivity contribution in [1.29, 1.82) is 0 Å². The van der Waals surface area contributed by atoms with Gasteiger partial charge in [-0.3, -0.25) is 0 Å². The zero-order valence-corrected chi connectivity index (χ0v) is 9.46. The number of aryl methyl sites for hydroxylation is 1. The topological polar surface area (TPSA) is 12.0 Å². The fourth-order valence-electron chi connectivity index (χ4n) is 2.40. The third-order valence-corrected chi connectivity index (χ3v) is 3.26. The lowest BCUT2D eigenvalue weighted by molar-refractivity contribution is 0.765. The zero-order valence-electron chi connectivity index (χ0n) is 9.46. The van der Waals surface area contributed by atoms with Crippen molar-refractivity contribution in [2.24, 2.45) is 0 Å². The molecule has 2 aromatic carbocycles. The Hall–Kier alpha value is -1.60. The lowest BCUT2D eigenvalue weighted by Crippen LogP contribution is -1.99. The van der Waals surface area contributed by atoms with Gasteiger partial charge in [-0.15, -0.1) is 0 Å². The van der Waals surface area contributed by atoms with E-state index < -0.39 is 0 Å². The quantitative estimate of drug-likeness (QED) is 0.760. The summed E-state index contributed by atoms with van der Waals surface area (Å²) < 4.78 is 0. The van der Waals surface area contributed by atoms with E-state index in [0.717, 1.165) is 13.1 Å². The van der Waals surface area contributed by atoms with E-state index in [0.29, 0.717) is 0 Å². The molecule has 1 nitrogen and oxygen atoms in total. The first-order valence-corrected chi connectivity index (χ1v) is 5.73. The summed E-state index contributed by atoms with van der Waals surface area (Å²) in [4.78, 5) is 0. The Balaban J connectivity index is 2.15. The number of fused-ring (bicyclic) bond motifs is 1. The molecule has 1 aliphatic rings. The lowest BCUT2D eigenvalue weighted by Gasteiger charge is -2.09. The predicted molar refractivity (Wildman–Crippen MR) is 67.2 cm³/mol. The van der Waals surface area contributed by atoms with Crippen molar-refractivity contribution >= 4 is 0 Å². The van der Waals surface area contributed by atoms with Crippen molar-refractivity contribution in [2.45, 2.75) is 20.0 Å². The maximum Gasteiger partial charge on any atom is 0.0212 e. The van der Waals surface area contributed by atoms with Gasteiger partial charge in [-0.25, -0.2) is 0 Å². The van der Waals surface area contributed by atoms with Gasteiger partial charge in [-0.05, 0) is 40.8 Å². The minimum absolute atomic E-state index is 1.01. The van der Waals surface area contributed by atoms with Gasteiger partial charge >= 0.3 is 0 Å². The van der Waals surface area contributed by atoms with Gasteiger partial charge in [-0.2, -0.15) is 0 Å². The van der Waals surface area contributed by atoms with E-state index in [1.165, 1.54) is 27.8 Å². The van der Waals surface area contributed by atoms with Crippen LogP contribution < -0.4 is 5.32 Å². The van der Waals surface area contributed by atoms with Crippen molar-refractivity contribution in [2.75, 3.05) is 0 Å². The molecular weight excluding hydrogens is 194 g/mol. The summed E-state index contributed by atoms with van der Waals surface area (Å²) in [5.74, 6) is 0. The number of nitrogens with one attached hydrogen (secondary N) is 1. The zero-order chi connectivity index (χ0) is 11.0. The van der Waals surface area contributed by atoms with Crippen molar-refractivity contribution in [3.8, 4) is 11.1 Å². The van der Waals surface area contributed by atoms with Crippen LogP contribution in [0.15, 0.2) is 42.5 Å². The van der Waals surface area contributed by atoms with Crippen LogP contribution in [0.25, 0.3) is 11.1 Å². The molecule has 0 fully saturated rings. The van der Waals surface area contributed by atoms with Gasteiger partial charge in [-0.1, -0.05) is 36.4 Å². The van der Waals surface area contributed by atoms with Crippen molar-refractivity contribution in [1.82, 2.24) is 5.32 Å². The standard InChI is InChI=1S/C15H15N/c1-11-7-13-9-16-10-14(13)8-15(11)12-5-3-2-4-6-12/h2-8,16H,9-10H2,1H3. The normalized spacial score (nSPS) is 13.8. The van der Waals surface area contributed by atoms with Gasteiger partial charge in [0.1, 0.15) is 0 Å². The molecule has 0 aromatic heterocycles. The maximum absolute atomic E-state index is 3.39. The van der Waals surface area contributed by atoms with E-state index in [1.54, 1.807) is 0 Å². The largest absolute Gasteiger partial charge is 0.309 e. The molecule has 2 aromatic rings. The van der Waals surface area contributed by atoms with Gasteiger partial charge in [0.25, 0.3) is 0 Å². The molecule has 1 N–H and O–H groups in total. The minimum Gasteiger partial charge on any atom is -0.309 e. The van der Waals surface area contributed by atoms with Crippen LogP contribution in [0, 0.1) is 6.92 Å². The minimum atomic E-state index is 1.01. The fourth-order valence-corrected chi connectivity index (χ4v) is 2.40. The molecule has 0 amide bonds. The van der Waals surface area contributed by atoms with E-state index in [1.807, 2.05) is 0 Å². The Labute approximate surface area is 96.1 Å². The molecule has 80 valence electrons. The van der Waals surface area contributed by atoms with Gasteiger partial charge in [0, 0.05) is 13.1 Å². The average molecular weight is 209 g/mol. The molecule has 0 aliphatic carbocycles. The Kier molecular flexibility index (Phi) is 2.26. The Bertz CT molecular complexity index is 514. The van der Waals surface area contributed by atoms with Crippen LogP contribution in [0.4, 0.5) is 0 Å². The molecule has 0 bridgehead atoms. The van der Waals surface area contributed by atoms with Gasteiger partial charge in [0.05, 0.1) is 0 Å². The Morgan fingerprint density at radius 2 is 1.62 bits per heavy atom. The summed E-state index contributed by atoms with van der Waals surface area (Å²) in [6, 6.07) is 15.3. The highest BCUT2D eigenvalue weighted by molar-refractivity contribution is 5.69. The molecule has 1 aliphatic heterocycles. The van der Waals surface area contributed by atoms with Crippen LogP contribution in [0.5, 0.6) is 0 Å². The van der Waals surface area contributed by atoms with Crippen LogP contribution in [0.1, 0.15) is 16.7 Å². The molecule has 0 atom stereocenters. The molecule has 0 unspecified atom stereocenters. The van der Waals surface area contributed by atoms with Crippen LogP contribution in [0.2, 0.25) is 0 Å². The van der Waals surface area contributed by atoms with E-state index in [9.17, 15) is 0 Å². The van der Waals surface area contributed by atoms with Crippen molar-refractivity contribution in [3.63, 3.8) is 0 Å². The maximum atomic E-state index is 3.39. The first-order valence-electron chi connectivity index (χ1n) is 5.73. The van der Waals surface area contributed by atoms with Crippen LogP contribution in [-0.4, -0.2) is 0 Å². The summed E-state index contributed by atoms with van der Waals surface area (Å²) in [6.45, 7) is 4.22. The molecule has 1 heterocycles. The molecule has 0 saturated carbocycles. The monoisotopic (exact) mass is 209 g/mol.